The number of alkyl carbamates (subject to hydrolysis) is 1. The van der Waals surface area contributed by atoms with Crippen molar-refractivity contribution in [3.05, 3.63) is 29.3 Å². The van der Waals surface area contributed by atoms with E-state index in [4.69, 9.17) is 4.74 Å². The number of nitrogens with one attached hydrogen (secondary N) is 2. The Morgan fingerprint density at radius 1 is 1.09 bits per heavy atom. The van der Waals surface area contributed by atoms with Crippen LogP contribution in [-0.4, -0.2) is 52.1 Å². The predicted molar refractivity (Wildman–Crippen MR) is 129 cm³/mol. The molecule has 1 rings (SSSR count). The van der Waals surface area contributed by atoms with Crippen LogP contribution in [0.5, 0.6) is 5.75 Å². The Balaban J connectivity index is 3.46. The summed E-state index contributed by atoms with van der Waals surface area (Å²) in [6.07, 6.45) is -0.0683. The van der Waals surface area contributed by atoms with Crippen LogP contribution < -0.4 is 10.6 Å². The smallest absolute Gasteiger partial charge is 0.408 e. The van der Waals surface area contributed by atoms with Gasteiger partial charge in [-0.05, 0) is 59.9 Å². The van der Waals surface area contributed by atoms with Gasteiger partial charge in [0.15, 0.2) is 0 Å². The highest BCUT2D eigenvalue weighted by atomic mass is 16.6. The summed E-state index contributed by atoms with van der Waals surface area (Å²) in [5, 5.41) is 16.3. The van der Waals surface area contributed by atoms with E-state index in [1.807, 2.05) is 27.7 Å². The maximum absolute atomic E-state index is 13.8. The quantitative estimate of drug-likeness (QED) is 0.512. The topological polar surface area (TPSA) is 108 Å². The molecule has 0 aliphatic rings. The van der Waals surface area contributed by atoms with Crippen molar-refractivity contribution in [2.75, 3.05) is 6.54 Å². The Hall–Kier alpha value is -2.77. The minimum Gasteiger partial charge on any atom is -0.507 e. The number of carbonyl (C=O) groups is 3. The van der Waals surface area contributed by atoms with Crippen LogP contribution in [0.1, 0.15) is 79.0 Å². The molecular weight excluding hydrogens is 422 g/mol. The van der Waals surface area contributed by atoms with Crippen molar-refractivity contribution in [3.8, 4) is 5.75 Å². The first-order valence-electron chi connectivity index (χ1n) is 11.6. The van der Waals surface area contributed by atoms with Gasteiger partial charge in [0.25, 0.3) is 0 Å². The number of likely N-dealkylation sites (N-methyl/N-ethyl adjacent to an activating group) is 1. The second-order valence-corrected chi connectivity index (χ2v) is 9.71. The number of phenolic OH excluding ortho intramolecular Hbond substituents is 1. The number of para-hydroxylation sites is 1. The summed E-state index contributed by atoms with van der Waals surface area (Å²) >= 11 is 0. The van der Waals surface area contributed by atoms with Crippen LogP contribution >= 0.6 is 0 Å². The number of nitrogens with zero attached hydrogens (tertiary/aromatic N) is 1. The molecule has 33 heavy (non-hydrogen) atoms. The number of hydrogen-bond donors (Lipinski definition) is 3. The fourth-order valence-corrected chi connectivity index (χ4v) is 3.48. The van der Waals surface area contributed by atoms with E-state index in [-0.39, 0.29) is 24.3 Å². The number of amides is 3. The zero-order valence-corrected chi connectivity index (χ0v) is 21.5. The molecule has 0 aromatic heterocycles. The summed E-state index contributed by atoms with van der Waals surface area (Å²) in [5.74, 6) is -1.06. The Morgan fingerprint density at radius 2 is 1.70 bits per heavy atom. The second kappa shape index (κ2) is 11.9. The third-order valence-electron chi connectivity index (χ3n) is 5.33. The molecule has 3 amide bonds. The van der Waals surface area contributed by atoms with Crippen LogP contribution in [0.25, 0.3) is 0 Å². The van der Waals surface area contributed by atoms with Gasteiger partial charge >= 0.3 is 6.09 Å². The normalized spacial score (nSPS) is 14.2. The van der Waals surface area contributed by atoms with Gasteiger partial charge in [-0.3, -0.25) is 9.59 Å². The molecule has 1 aromatic rings. The Morgan fingerprint density at radius 3 is 2.18 bits per heavy atom. The van der Waals surface area contributed by atoms with Crippen LogP contribution in [0.15, 0.2) is 18.2 Å². The third kappa shape index (κ3) is 7.94. The number of aryl methyl sites for hydroxylation is 1. The fraction of sp³-hybridized carbons (Fsp3) is 0.640. The molecule has 0 saturated heterocycles. The fourth-order valence-electron chi connectivity index (χ4n) is 3.48. The van der Waals surface area contributed by atoms with Crippen molar-refractivity contribution in [1.82, 2.24) is 15.5 Å². The van der Waals surface area contributed by atoms with Crippen molar-refractivity contribution in [1.29, 1.82) is 0 Å². The van der Waals surface area contributed by atoms with Gasteiger partial charge in [-0.2, -0.15) is 0 Å². The SMILES string of the molecule is CCC(C)C(NC(=O)OC(C)(C)C)C(=O)N(CC)C(C(=O)NC(C)C)c1cccc(C)c1O. The molecule has 1 aromatic carbocycles. The van der Waals surface area contributed by atoms with Gasteiger partial charge < -0.3 is 25.4 Å². The standard InChI is InChI=1S/C25H41N3O5/c1-10-16(5)19(27-24(32)33-25(7,8)9)23(31)28(11-2)20(22(30)26-15(3)4)18-14-12-13-17(6)21(18)29/h12-16,19-20,29H,10-11H2,1-9H3,(H,26,30)(H,27,32). The minimum atomic E-state index is -1.06. The zero-order chi connectivity index (χ0) is 25.5. The molecule has 0 aliphatic heterocycles. The second-order valence-electron chi connectivity index (χ2n) is 9.71. The number of phenols is 1. The van der Waals surface area contributed by atoms with Crippen molar-refractivity contribution >= 4 is 17.9 Å². The van der Waals surface area contributed by atoms with E-state index in [0.717, 1.165) is 0 Å². The maximum atomic E-state index is 13.8. The largest absolute Gasteiger partial charge is 0.507 e. The minimum absolute atomic E-state index is 0.0344. The molecule has 0 aliphatic carbocycles. The number of carbonyl (C=O) groups excluding carboxylic acids is 3. The lowest BCUT2D eigenvalue weighted by atomic mass is 9.95. The Bertz CT molecular complexity index is 832. The Kier molecular flexibility index (Phi) is 10.2. The number of aromatic hydroxyl groups is 1. The molecule has 0 bridgehead atoms. The first kappa shape index (κ1) is 28.3. The summed E-state index contributed by atoms with van der Waals surface area (Å²) < 4.78 is 5.37. The van der Waals surface area contributed by atoms with E-state index < -0.39 is 35.6 Å². The molecule has 8 nitrogen and oxygen atoms in total. The van der Waals surface area contributed by atoms with E-state index >= 15 is 0 Å². The number of rotatable bonds is 9. The highest BCUT2D eigenvalue weighted by Gasteiger charge is 2.38. The summed E-state index contributed by atoms with van der Waals surface area (Å²) in [6.45, 7) is 16.4. The average molecular weight is 464 g/mol. The first-order chi connectivity index (χ1) is 15.2. The van der Waals surface area contributed by atoms with Gasteiger partial charge in [0.05, 0.1) is 0 Å². The van der Waals surface area contributed by atoms with E-state index in [9.17, 15) is 19.5 Å². The molecule has 3 unspecified atom stereocenters. The van der Waals surface area contributed by atoms with Gasteiger partial charge in [0.2, 0.25) is 11.8 Å². The highest BCUT2D eigenvalue weighted by Crippen LogP contribution is 2.32. The highest BCUT2D eigenvalue weighted by molar-refractivity contribution is 5.92. The van der Waals surface area contributed by atoms with Crippen molar-refractivity contribution in [2.45, 2.75) is 92.5 Å². The van der Waals surface area contributed by atoms with E-state index in [1.54, 1.807) is 52.8 Å². The lowest BCUT2D eigenvalue weighted by Gasteiger charge is -2.36. The van der Waals surface area contributed by atoms with Gasteiger partial charge in [-0.1, -0.05) is 38.5 Å². The molecule has 0 radical (unpaired) electrons. The van der Waals surface area contributed by atoms with Crippen LogP contribution in [0.2, 0.25) is 0 Å². The summed E-state index contributed by atoms with van der Waals surface area (Å²) in [6, 6.07) is 3.00. The maximum Gasteiger partial charge on any atom is 0.408 e. The molecule has 0 saturated carbocycles. The van der Waals surface area contributed by atoms with Crippen LogP contribution in [0, 0.1) is 12.8 Å². The molecule has 0 spiro atoms. The number of benzene rings is 1. The Labute approximate surface area is 198 Å². The van der Waals surface area contributed by atoms with Crippen molar-refractivity contribution in [2.24, 2.45) is 5.92 Å². The van der Waals surface area contributed by atoms with Crippen molar-refractivity contribution in [3.63, 3.8) is 0 Å². The predicted octanol–water partition coefficient (Wildman–Crippen LogP) is 4.05. The van der Waals surface area contributed by atoms with E-state index in [1.165, 1.54) is 4.90 Å². The first-order valence-corrected chi connectivity index (χ1v) is 11.6. The van der Waals surface area contributed by atoms with Crippen molar-refractivity contribution < 1.29 is 24.2 Å². The van der Waals surface area contributed by atoms with Gasteiger partial charge in [0, 0.05) is 18.2 Å². The molecule has 186 valence electrons. The van der Waals surface area contributed by atoms with Crippen LogP contribution in [-0.2, 0) is 14.3 Å². The van der Waals surface area contributed by atoms with E-state index in [2.05, 4.69) is 10.6 Å². The number of ether oxygens (including phenoxy) is 1. The molecular formula is C25H41N3O5. The van der Waals surface area contributed by atoms with Crippen LogP contribution in [0.4, 0.5) is 4.79 Å². The lowest BCUT2D eigenvalue weighted by Crippen LogP contribution is -2.55. The third-order valence-corrected chi connectivity index (χ3v) is 5.33. The van der Waals surface area contributed by atoms with E-state index in [0.29, 0.717) is 17.5 Å². The van der Waals surface area contributed by atoms with Gasteiger partial charge in [-0.25, -0.2) is 4.79 Å². The van der Waals surface area contributed by atoms with Gasteiger partial charge in [0.1, 0.15) is 23.4 Å². The molecule has 8 heteroatoms. The summed E-state index contributed by atoms with van der Waals surface area (Å²) in [5.41, 5.74) is 0.220. The molecule has 0 heterocycles. The van der Waals surface area contributed by atoms with Crippen LogP contribution in [0.3, 0.4) is 0 Å². The molecule has 0 fully saturated rings. The summed E-state index contributed by atoms with van der Waals surface area (Å²) in [4.78, 5) is 40.9. The molecule has 3 atom stereocenters. The lowest BCUT2D eigenvalue weighted by molar-refractivity contribution is -0.143. The number of hydrogen-bond acceptors (Lipinski definition) is 5. The molecule has 3 N–H and O–H groups in total. The zero-order valence-electron chi connectivity index (χ0n) is 21.5. The monoisotopic (exact) mass is 463 g/mol. The average Bonchev–Trinajstić information content (AvgIpc) is 2.69. The van der Waals surface area contributed by atoms with Gasteiger partial charge in [-0.15, -0.1) is 0 Å². The summed E-state index contributed by atoms with van der Waals surface area (Å²) in [7, 11) is 0.